The number of ether oxygens (including phenoxy) is 1. The van der Waals surface area contributed by atoms with Gasteiger partial charge in [0.25, 0.3) is 0 Å². The predicted molar refractivity (Wildman–Crippen MR) is 118 cm³/mol. The lowest BCUT2D eigenvalue weighted by Gasteiger charge is -2.30. The van der Waals surface area contributed by atoms with Crippen molar-refractivity contribution in [1.82, 2.24) is 0 Å². The molecule has 0 saturated heterocycles. The molecule has 0 aliphatic carbocycles. The van der Waals surface area contributed by atoms with E-state index < -0.39 is 37.0 Å². The van der Waals surface area contributed by atoms with Crippen molar-refractivity contribution in [2.24, 2.45) is 0 Å². The van der Waals surface area contributed by atoms with E-state index in [0.717, 1.165) is 15.9 Å². The predicted octanol–water partition coefficient (Wildman–Crippen LogP) is 2.59. The lowest BCUT2D eigenvalue weighted by molar-refractivity contribution is -0.146. The summed E-state index contributed by atoms with van der Waals surface area (Å²) in [7, 11) is -2.38. The van der Waals surface area contributed by atoms with Crippen LogP contribution in [0.25, 0.3) is 0 Å². The van der Waals surface area contributed by atoms with Gasteiger partial charge in [-0.1, -0.05) is 54.6 Å². The molecule has 1 aliphatic heterocycles. The molecule has 0 fully saturated rings. The molecular weight excluding hydrogens is 399 g/mol. The third-order valence-electron chi connectivity index (χ3n) is 5.34. The Hall–Kier alpha value is -3.14. The van der Waals surface area contributed by atoms with Crippen molar-refractivity contribution in [1.29, 1.82) is 0 Å². The number of esters is 1. The average Bonchev–Trinajstić information content (AvgIpc) is 3.06. The molecule has 0 bridgehead atoms. The van der Waals surface area contributed by atoms with Crippen molar-refractivity contribution in [3.63, 3.8) is 0 Å². The molecule has 1 heterocycles. The third kappa shape index (κ3) is 3.47. The highest BCUT2D eigenvalue weighted by molar-refractivity contribution is 7.95. The van der Waals surface area contributed by atoms with Crippen molar-refractivity contribution < 1.29 is 24.9 Å². The van der Waals surface area contributed by atoms with Crippen LogP contribution in [-0.2, 0) is 9.53 Å². The number of hydrogen-bond acceptors (Lipinski definition) is 5. The molecule has 0 aromatic heterocycles. The number of benzene rings is 3. The van der Waals surface area contributed by atoms with Gasteiger partial charge >= 0.3 is 5.97 Å². The summed E-state index contributed by atoms with van der Waals surface area (Å²) in [6.07, 6.45) is -2.29. The van der Waals surface area contributed by atoms with Crippen LogP contribution in [0.1, 0.15) is 0 Å². The van der Waals surface area contributed by atoms with Gasteiger partial charge in [-0.3, -0.25) is 0 Å². The zero-order valence-electron chi connectivity index (χ0n) is 16.1. The monoisotopic (exact) mass is 421 g/mol. The van der Waals surface area contributed by atoms with Gasteiger partial charge in [0.2, 0.25) is 5.76 Å². The Morgan fingerprint density at radius 1 is 0.767 bits per heavy atom. The van der Waals surface area contributed by atoms with Crippen molar-refractivity contribution in [2.45, 2.75) is 12.2 Å². The first kappa shape index (κ1) is 20.1. The molecule has 30 heavy (non-hydrogen) atoms. The smallest absolute Gasteiger partial charge is 0.377 e. The van der Waals surface area contributed by atoms with Gasteiger partial charge in [-0.2, -0.15) is 0 Å². The average molecular weight is 421 g/mol. The van der Waals surface area contributed by atoms with E-state index in [0.29, 0.717) is 0 Å². The SMILES string of the molecule is O=C1OC(C(O)C[P+](c2ccccc2)(c2ccccc2)c2ccccc2)C(O)=C1O. The zero-order chi connectivity index (χ0) is 21.1. The summed E-state index contributed by atoms with van der Waals surface area (Å²) in [5, 5.41) is 34.1. The van der Waals surface area contributed by atoms with Crippen LogP contribution in [0, 0.1) is 0 Å². The minimum atomic E-state index is -2.38. The molecule has 0 radical (unpaired) electrons. The maximum atomic E-state index is 11.7. The fraction of sp³-hybridized carbons (Fsp3) is 0.125. The van der Waals surface area contributed by atoms with Crippen molar-refractivity contribution in [2.75, 3.05) is 6.16 Å². The van der Waals surface area contributed by atoms with Crippen molar-refractivity contribution >= 4 is 29.1 Å². The van der Waals surface area contributed by atoms with E-state index in [4.69, 9.17) is 4.74 Å². The Morgan fingerprint density at radius 2 is 1.17 bits per heavy atom. The summed E-state index contributed by atoms with van der Waals surface area (Å²) in [5.74, 6) is -2.50. The number of hydrogen-bond donors (Lipinski definition) is 3. The summed E-state index contributed by atoms with van der Waals surface area (Å²) >= 11 is 0. The molecule has 3 N–H and O–H groups in total. The van der Waals surface area contributed by atoms with Crippen molar-refractivity contribution in [3.05, 3.63) is 103 Å². The quantitative estimate of drug-likeness (QED) is 0.421. The summed E-state index contributed by atoms with van der Waals surface area (Å²) in [4.78, 5) is 11.7. The molecule has 3 aromatic carbocycles. The lowest BCUT2D eigenvalue weighted by Crippen LogP contribution is -2.41. The van der Waals surface area contributed by atoms with Crippen LogP contribution < -0.4 is 15.9 Å². The highest BCUT2D eigenvalue weighted by Gasteiger charge is 2.51. The minimum absolute atomic E-state index is 0.223. The normalized spacial score (nSPS) is 17.6. The zero-order valence-corrected chi connectivity index (χ0v) is 17.0. The molecule has 0 saturated carbocycles. The number of carbonyl (C=O) groups is 1. The molecular formula is C24H22O5P+. The van der Waals surface area contributed by atoms with Crippen LogP contribution in [0.5, 0.6) is 0 Å². The van der Waals surface area contributed by atoms with Crippen LogP contribution in [0.2, 0.25) is 0 Å². The Morgan fingerprint density at radius 3 is 1.50 bits per heavy atom. The van der Waals surface area contributed by atoms with E-state index in [9.17, 15) is 20.1 Å². The minimum Gasteiger partial charge on any atom is -0.505 e. The number of aliphatic hydroxyl groups excluding tert-OH is 3. The van der Waals surface area contributed by atoms with E-state index in [-0.39, 0.29) is 6.16 Å². The van der Waals surface area contributed by atoms with Gasteiger partial charge in [0, 0.05) is 0 Å². The molecule has 1 aliphatic rings. The largest absolute Gasteiger partial charge is 0.505 e. The summed E-state index contributed by atoms with van der Waals surface area (Å²) < 4.78 is 5.06. The Kier molecular flexibility index (Phi) is 5.58. The third-order valence-corrected chi connectivity index (χ3v) is 9.80. The standard InChI is InChI=1S/C24H21O5P/c25-20(23-21(26)22(27)24(28)29-23)16-30(17-10-4-1-5-11-17,18-12-6-2-7-13-18)19-14-8-3-9-15-19/h1-15,20,23,25H,16H2,(H-,26,27,28)/p+1. The second-order valence-electron chi connectivity index (χ2n) is 7.13. The van der Waals surface area contributed by atoms with Gasteiger partial charge in [0.15, 0.2) is 11.9 Å². The van der Waals surface area contributed by atoms with Gasteiger partial charge < -0.3 is 20.1 Å². The maximum absolute atomic E-state index is 11.7. The Bertz CT molecular complexity index is 954. The van der Waals surface area contributed by atoms with E-state index >= 15 is 0 Å². The molecule has 4 rings (SSSR count). The molecule has 5 nitrogen and oxygen atoms in total. The lowest BCUT2D eigenvalue weighted by atomic mass is 10.2. The number of cyclic esters (lactones) is 1. The topological polar surface area (TPSA) is 87.0 Å². The first-order valence-electron chi connectivity index (χ1n) is 9.60. The molecule has 0 spiro atoms. The molecule has 2 atom stereocenters. The van der Waals surface area contributed by atoms with Gasteiger partial charge in [-0.25, -0.2) is 4.79 Å². The number of aliphatic hydroxyl groups is 3. The fourth-order valence-corrected chi connectivity index (χ4v) is 8.24. The van der Waals surface area contributed by atoms with Crippen LogP contribution >= 0.6 is 7.26 Å². The highest BCUT2D eigenvalue weighted by Crippen LogP contribution is 2.56. The van der Waals surface area contributed by atoms with Crippen molar-refractivity contribution in [3.8, 4) is 0 Å². The van der Waals surface area contributed by atoms with E-state index in [1.54, 1.807) is 0 Å². The number of carbonyl (C=O) groups excluding carboxylic acids is 1. The number of rotatable bonds is 6. The summed E-state index contributed by atoms with van der Waals surface area (Å²) in [6, 6.07) is 29.8. The van der Waals surface area contributed by atoms with Crippen LogP contribution in [0.4, 0.5) is 0 Å². The summed E-state index contributed by atoms with van der Waals surface area (Å²) in [6.45, 7) is 0. The van der Waals surface area contributed by atoms with Crippen LogP contribution in [-0.4, -0.2) is 39.7 Å². The van der Waals surface area contributed by atoms with Gasteiger partial charge in [-0.15, -0.1) is 0 Å². The van der Waals surface area contributed by atoms with Gasteiger partial charge in [-0.05, 0) is 36.4 Å². The maximum Gasteiger partial charge on any atom is 0.377 e. The molecule has 6 heteroatoms. The first-order valence-corrected chi connectivity index (χ1v) is 11.6. The first-order chi connectivity index (χ1) is 14.5. The van der Waals surface area contributed by atoms with Crippen LogP contribution in [0.15, 0.2) is 103 Å². The Balaban J connectivity index is 1.88. The highest BCUT2D eigenvalue weighted by atomic mass is 31.2. The van der Waals surface area contributed by atoms with E-state index in [1.807, 2.05) is 91.0 Å². The van der Waals surface area contributed by atoms with Gasteiger partial charge in [0.05, 0.1) is 0 Å². The van der Waals surface area contributed by atoms with E-state index in [1.165, 1.54) is 0 Å². The van der Waals surface area contributed by atoms with E-state index in [2.05, 4.69) is 0 Å². The second-order valence-corrected chi connectivity index (χ2v) is 10.7. The van der Waals surface area contributed by atoms with Crippen LogP contribution in [0.3, 0.4) is 0 Å². The molecule has 2 unspecified atom stereocenters. The molecule has 0 amide bonds. The molecule has 3 aromatic rings. The Labute approximate surface area is 175 Å². The van der Waals surface area contributed by atoms with Gasteiger partial charge in [0.1, 0.15) is 35.4 Å². The summed E-state index contributed by atoms with van der Waals surface area (Å²) in [5.41, 5.74) is 0. The molecule has 152 valence electrons. The fourth-order valence-electron chi connectivity index (χ4n) is 3.91. The second kappa shape index (κ2) is 8.31.